The van der Waals surface area contributed by atoms with E-state index in [1.165, 1.54) is 4.90 Å². The van der Waals surface area contributed by atoms with Gasteiger partial charge in [0.25, 0.3) is 11.8 Å². The molecule has 2 aromatic rings. The molecule has 0 radical (unpaired) electrons. The molecule has 3 rings (SSSR count). The Kier molecular flexibility index (Phi) is 6.52. The zero-order valence-electron chi connectivity index (χ0n) is 17.6. The lowest BCUT2D eigenvalue weighted by molar-refractivity contribution is -0.879. The van der Waals surface area contributed by atoms with Gasteiger partial charge in [0.05, 0.1) is 7.05 Å². The first-order valence-electron chi connectivity index (χ1n) is 10.2. The number of urea groups is 1. The lowest BCUT2D eigenvalue weighted by atomic mass is 9.83. The first kappa shape index (κ1) is 21.5. The number of hydrogen-bond donors (Lipinski definition) is 3. The van der Waals surface area contributed by atoms with Crippen LogP contribution in [0.25, 0.3) is 0 Å². The number of nitrogens with one attached hydrogen (secondary N) is 3. The van der Waals surface area contributed by atoms with Crippen molar-refractivity contribution in [1.29, 1.82) is 0 Å². The maximum atomic E-state index is 13.6. The van der Waals surface area contributed by atoms with Crippen LogP contribution in [0.2, 0.25) is 0 Å². The minimum absolute atomic E-state index is 0.0404. The van der Waals surface area contributed by atoms with Crippen molar-refractivity contribution in [3.63, 3.8) is 0 Å². The van der Waals surface area contributed by atoms with Gasteiger partial charge in [-0.3, -0.25) is 9.59 Å². The number of amides is 4. The molecule has 158 valence electrons. The Bertz CT molecular complexity index is 901. The standard InChI is InChI=1S/C23H28N4O3/c1-17(2)24-20(28)15-26(3)16-27-21(29)23(25-22(27)30,19-12-8-5-9-13-19)14-18-10-6-4-7-11-18/h4-13,17H,14-16H2,1-3H3,(H,24,28)(H,25,30)/p+1/t23-/m1/s1. The zero-order valence-corrected chi connectivity index (χ0v) is 17.6. The van der Waals surface area contributed by atoms with Crippen molar-refractivity contribution < 1.29 is 19.3 Å². The van der Waals surface area contributed by atoms with Gasteiger partial charge in [0.1, 0.15) is 0 Å². The monoisotopic (exact) mass is 409 g/mol. The van der Waals surface area contributed by atoms with Gasteiger partial charge >= 0.3 is 6.03 Å². The second-order valence-corrected chi connectivity index (χ2v) is 8.11. The summed E-state index contributed by atoms with van der Waals surface area (Å²) in [4.78, 5) is 40.4. The van der Waals surface area contributed by atoms with E-state index in [-0.39, 0.29) is 31.1 Å². The summed E-state index contributed by atoms with van der Waals surface area (Å²) in [6.45, 7) is 4.07. The molecule has 1 saturated heterocycles. The Hall–Kier alpha value is -3.19. The third-order valence-corrected chi connectivity index (χ3v) is 5.09. The summed E-state index contributed by atoms with van der Waals surface area (Å²) in [7, 11) is 1.79. The average molecular weight is 410 g/mol. The largest absolute Gasteiger partial charge is 0.349 e. The highest BCUT2D eigenvalue weighted by molar-refractivity contribution is 6.07. The summed E-state index contributed by atoms with van der Waals surface area (Å²) in [6.07, 6.45) is 0.353. The third-order valence-electron chi connectivity index (χ3n) is 5.09. The normalized spacial score (nSPS) is 19.7. The Morgan fingerprint density at radius 3 is 2.27 bits per heavy atom. The number of hydrogen-bond acceptors (Lipinski definition) is 3. The maximum absolute atomic E-state index is 13.6. The molecule has 30 heavy (non-hydrogen) atoms. The van der Waals surface area contributed by atoms with Gasteiger partial charge in [0.2, 0.25) is 0 Å². The van der Waals surface area contributed by atoms with Crippen molar-refractivity contribution in [1.82, 2.24) is 15.5 Å². The SMILES string of the molecule is CC(C)NC(=O)C[NH+](C)CN1C(=O)N[C@](Cc2ccccc2)(c2ccccc2)C1=O. The molecule has 1 heterocycles. The molecule has 7 heteroatoms. The van der Waals surface area contributed by atoms with Crippen molar-refractivity contribution in [3.8, 4) is 0 Å². The molecule has 0 aliphatic carbocycles. The fourth-order valence-corrected chi connectivity index (χ4v) is 3.78. The number of quaternary nitrogens is 1. The molecule has 0 saturated carbocycles. The van der Waals surface area contributed by atoms with E-state index in [0.717, 1.165) is 16.0 Å². The van der Waals surface area contributed by atoms with Crippen molar-refractivity contribution in [2.75, 3.05) is 20.3 Å². The molecule has 0 bridgehead atoms. The van der Waals surface area contributed by atoms with E-state index < -0.39 is 11.6 Å². The molecule has 1 unspecified atom stereocenters. The molecule has 3 N–H and O–H groups in total. The summed E-state index contributed by atoms with van der Waals surface area (Å²) < 4.78 is 0. The average Bonchev–Trinajstić information content (AvgIpc) is 2.93. The van der Waals surface area contributed by atoms with E-state index in [1.807, 2.05) is 74.5 Å². The Balaban J connectivity index is 1.84. The lowest BCUT2D eigenvalue weighted by Crippen LogP contribution is -3.12. The van der Waals surface area contributed by atoms with Gasteiger partial charge < -0.3 is 15.5 Å². The van der Waals surface area contributed by atoms with Crippen LogP contribution < -0.4 is 15.5 Å². The van der Waals surface area contributed by atoms with E-state index in [1.54, 1.807) is 7.05 Å². The van der Waals surface area contributed by atoms with Crippen LogP contribution in [0, 0.1) is 0 Å². The molecule has 2 aromatic carbocycles. The van der Waals surface area contributed by atoms with E-state index in [2.05, 4.69) is 10.6 Å². The number of carbonyl (C=O) groups is 3. The van der Waals surface area contributed by atoms with Gasteiger partial charge in [0, 0.05) is 12.5 Å². The summed E-state index contributed by atoms with van der Waals surface area (Å²) in [5, 5.41) is 5.78. The highest BCUT2D eigenvalue weighted by Gasteiger charge is 2.53. The highest BCUT2D eigenvalue weighted by atomic mass is 16.2. The first-order valence-corrected chi connectivity index (χ1v) is 10.2. The number of likely N-dealkylation sites (N-methyl/N-ethyl adjacent to an activating group) is 1. The van der Waals surface area contributed by atoms with Gasteiger partial charge in [-0.05, 0) is 25.0 Å². The molecule has 0 spiro atoms. The molecule has 1 fully saturated rings. The molecule has 4 amide bonds. The van der Waals surface area contributed by atoms with Gasteiger partial charge in [-0.2, -0.15) is 0 Å². The molecular formula is C23H29N4O3+. The van der Waals surface area contributed by atoms with Crippen LogP contribution in [0.3, 0.4) is 0 Å². The number of carbonyl (C=O) groups excluding carboxylic acids is 3. The fourth-order valence-electron chi connectivity index (χ4n) is 3.78. The highest BCUT2D eigenvalue weighted by Crippen LogP contribution is 2.32. The predicted molar refractivity (Wildman–Crippen MR) is 114 cm³/mol. The Labute approximate surface area is 177 Å². The molecule has 0 aromatic heterocycles. The zero-order chi connectivity index (χ0) is 21.7. The summed E-state index contributed by atoms with van der Waals surface area (Å²) in [5.74, 6) is -0.417. The molecule has 7 nitrogen and oxygen atoms in total. The number of rotatable bonds is 8. The van der Waals surface area contributed by atoms with Gasteiger partial charge in [-0.15, -0.1) is 0 Å². The molecule has 2 atom stereocenters. The van der Waals surface area contributed by atoms with Crippen molar-refractivity contribution in [3.05, 3.63) is 71.8 Å². The van der Waals surface area contributed by atoms with Crippen LogP contribution in [0.15, 0.2) is 60.7 Å². The first-order chi connectivity index (χ1) is 14.3. The number of benzene rings is 2. The molecule has 1 aliphatic rings. The van der Waals surface area contributed by atoms with Crippen molar-refractivity contribution in [2.24, 2.45) is 0 Å². The second kappa shape index (κ2) is 9.09. The molecular weight excluding hydrogens is 380 g/mol. The lowest BCUT2D eigenvalue weighted by Gasteiger charge is -2.28. The fraction of sp³-hybridized carbons (Fsp3) is 0.348. The second-order valence-electron chi connectivity index (χ2n) is 8.11. The van der Waals surface area contributed by atoms with E-state index in [4.69, 9.17) is 0 Å². The Morgan fingerprint density at radius 1 is 1.07 bits per heavy atom. The van der Waals surface area contributed by atoms with Crippen LogP contribution in [0.5, 0.6) is 0 Å². The third kappa shape index (κ3) is 4.68. The van der Waals surface area contributed by atoms with Gasteiger partial charge in [-0.25, -0.2) is 9.69 Å². The van der Waals surface area contributed by atoms with E-state index >= 15 is 0 Å². The van der Waals surface area contributed by atoms with E-state index in [9.17, 15) is 14.4 Å². The van der Waals surface area contributed by atoms with Crippen LogP contribution in [0.1, 0.15) is 25.0 Å². The van der Waals surface area contributed by atoms with Crippen molar-refractivity contribution >= 4 is 17.8 Å². The van der Waals surface area contributed by atoms with Crippen LogP contribution in [-0.4, -0.2) is 49.0 Å². The topological polar surface area (TPSA) is 82.9 Å². The minimum atomic E-state index is -1.17. The van der Waals surface area contributed by atoms with Crippen molar-refractivity contribution in [2.45, 2.75) is 31.8 Å². The minimum Gasteiger partial charge on any atom is -0.349 e. The molecule has 1 aliphatic heterocycles. The van der Waals surface area contributed by atoms with Gasteiger partial charge in [-0.1, -0.05) is 60.7 Å². The smallest absolute Gasteiger partial charge is 0.329 e. The Morgan fingerprint density at radius 2 is 1.67 bits per heavy atom. The predicted octanol–water partition coefficient (Wildman–Crippen LogP) is 0.673. The van der Waals surface area contributed by atoms with Crippen LogP contribution in [0.4, 0.5) is 4.79 Å². The van der Waals surface area contributed by atoms with Crippen LogP contribution in [-0.2, 0) is 21.5 Å². The maximum Gasteiger partial charge on any atom is 0.329 e. The van der Waals surface area contributed by atoms with Crippen LogP contribution >= 0.6 is 0 Å². The van der Waals surface area contributed by atoms with Gasteiger partial charge in [0.15, 0.2) is 18.8 Å². The van der Waals surface area contributed by atoms with E-state index in [0.29, 0.717) is 6.42 Å². The number of imide groups is 1. The summed E-state index contributed by atoms with van der Waals surface area (Å²) in [6, 6.07) is 18.5. The number of nitrogens with zero attached hydrogens (tertiary/aromatic N) is 1. The summed E-state index contributed by atoms with van der Waals surface area (Å²) >= 11 is 0. The summed E-state index contributed by atoms with van der Waals surface area (Å²) in [5.41, 5.74) is 0.527. The quantitative estimate of drug-likeness (QED) is 0.561.